The lowest BCUT2D eigenvalue weighted by molar-refractivity contribution is -0.167. The first-order valence-electron chi connectivity index (χ1n) is 32.8. The van der Waals surface area contributed by atoms with Gasteiger partial charge in [-0.3, -0.25) is 14.4 Å². The molecule has 0 saturated carbocycles. The van der Waals surface area contributed by atoms with Gasteiger partial charge in [0.05, 0.1) is 0 Å². The third-order valence-corrected chi connectivity index (χ3v) is 14.9. The quantitative estimate of drug-likeness (QED) is 0.0261. The van der Waals surface area contributed by atoms with Crippen LogP contribution >= 0.6 is 0 Å². The molecule has 0 aromatic carbocycles. The SMILES string of the molecule is CCCCCCCCC/C=C\CCCCCCCC(=O)OC(COC(=O)CCCCCCCCCC)COC(=O)CCCCCCCCCCCCCCCCCCCCC/C=C\CCCCCCCCCC. The Kier molecular flexibility index (Phi) is 60.6. The highest BCUT2D eigenvalue weighted by Gasteiger charge is 2.19. The van der Waals surface area contributed by atoms with Gasteiger partial charge in [0, 0.05) is 19.3 Å². The van der Waals surface area contributed by atoms with Crippen molar-refractivity contribution in [3.63, 3.8) is 0 Å². The van der Waals surface area contributed by atoms with Crippen LogP contribution < -0.4 is 0 Å². The second-order valence-electron chi connectivity index (χ2n) is 22.4. The Hall–Kier alpha value is -2.11. The van der Waals surface area contributed by atoms with E-state index in [2.05, 4.69) is 45.1 Å². The van der Waals surface area contributed by atoms with Crippen molar-refractivity contribution in [3.8, 4) is 0 Å². The van der Waals surface area contributed by atoms with Crippen molar-refractivity contribution in [1.82, 2.24) is 0 Å². The molecule has 73 heavy (non-hydrogen) atoms. The second-order valence-corrected chi connectivity index (χ2v) is 22.4. The van der Waals surface area contributed by atoms with Crippen molar-refractivity contribution in [2.24, 2.45) is 0 Å². The number of hydrogen-bond acceptors (Lipinski definition) is 6. The monoisotopic (exact) mass is 1030 g/mol. The number of unbranched alkanes of at least 4 members (excludes halogenated alkanes) is 46. The summed E-state index contributed by atoms with van der Waals surface area (Å²) >= 11 is 0. The first kappa shape index (κ1) is 70.9. The van der Waals surface area contributed by atoms with E-state index >= 15 is 0 Å². The van der Waals surface area contributed by atoms with E-state index in [1.807, 2.05) is 0 Å². The summed E-state index contributed by atoms with van der Waals surface area (Å²) in [6.45, 7) is 6.66. The lowest BCUT2D eigenvalue weighted by Gasteiger charge is -2.18. The Morgan fingerprint density at radius 1 is 0.260 bits per heavy atom. The number of esters is 3. The van der Waals surface area contributed by atoms with E-state index in [1.165, 1.54) is 263 Å². The predicted molar refractivity (Wildman–Crippen MR) is 316 cm³/mol. The molecule has 430 valence electrons. The fraction of sp³-hybridized carbons (Fsp3) is 0.896. The zero-order valence-electron chi connectivity index (χ0n) is 49.4. The van der Waals surface area contributed by atoms with Crippen LogP contribution in [0, 0.1) is 0 Å². The second kappa shape index (κ2) is 62.4. The smallest absolute Gasteiger partial charge is 0.306 e. The first-order chi connectivity index (χ1) is 36.0. The maximum Gasteiger partial charge on any atom is 0.306 e. The summed E-state index contributed by atoms with van der Waals surface area (Å²) < 4.78 is 16.9. The van der Waals surface area contributed by atoms with Gasteiger partial charge in [-0.1, -0.05) is 302 Å². The summed E-state index contributed by atoms with van der Waals surface area (Å²) in [4.78, 5) is 38.1. The highest BCUT2D eigenvalue weighted by atomic mass is 16.6. The van der Waals surface area contributed by atoms with E-state index in [0.717, 1.165) is 64.2 Å². The number of rotatable bonds is 61. The molecule has 0 aromatic rings. The normalized spacial score (nSPS) is 12.1. The molecule has 0 amide bonds. The number of carbonyl (C=O) groups excluding carboxylic acids is 3. The molecule has 0 heterocycles. The lowest BCUT2D eigenvalue weighted by atomic mass is 10.0. The van der Waals surface area contributed by atoms with E-state index in [9.17, 15) is 14.4 Å². The lowest BCUT2D eigenvalue weighted by Crippen LogP contribution is -2.30. The molecule has 0 aromatic heterocycles. The Morgan fingerprint density at radius 3 is 0.685 bits per heavy atom. The third-order valence-electron chi connectivity index (χ3n) is 14.9. The van der Waals surface area contributed by atoms with E-state index < -0.39 is 6.10 Å². The molecule has 0 N–H and O–H groups in total. The van der Waals surface area contributed by atoms with Crippen molar-refractivity contribution < 1.29 is 28.6 Å². The number of ether oxygens (including phenoxy) is 3. The molecule has 6 nitrogen and oxygen atoms in total. The summed E-state index contributed by atoms with van der Waals surface area (Å²) in [7, 11) is 0. The summed E-state index contributed by atoms with van der Waals surface area (Å²) in [5.74, 6) is -0.859. The van der Waals surface area contributed by atoms with Gasteiger partial charge >= 0.3 is 17.9 Å². The molecule has 0 aliphatic carbocycles. The Bertz CT molecular complexity index is 1180. The van der Waals surface area contributed by atoms with Crippen LogP contribution in [0.4, 0.5) is 0 Å². The van der Waals surface area contributed by atoms with Crippen LogP contribution in [-0.2, 0) is 28.6 Å². The molecule has 0 fully saturated rings. The zero-order valence-corrected chi connectivity index (χ0v) is 49.4. The first-order valence-corrected chi connectivity index (χ1v) is 32.8. The van der Waals surface area contributed by atoms with E-state index in [-0.39, 0.29) is 31.1 Å². The van der Waals surface area contributed by atoms with Crippen molar-refractivity contribution in [2.45, 2.75) is 374 Å². The van der Waals surface area contributed by atoms with Gasteiger partial charge in [0.15, 0.2) is 6.10 Å². The molecule has 6 heteroatoms. The van der Waals surface area contributed by atoms with Gasteiger partial charge in [-0.05, 0) is 70.6 Å². The standard InChI is InChI=1S/C67H126O6/c1-4-7-10-13-16-19-21-23-25-27-28-29-30-31-32-33-34-35-36-37-38-39-40-41-43-44-46-48-51-54-57-60-66(69)72-63-64(62-71-65(68)59-56-53-50-18-15-12-9-6-3)73-67(70)61-58-55-52-49-47-45-42-26-24-22-20-17-14-11-8-5-2/h26-28,42,64H,4-25,29-41,43-63H2,1-3H3/b28-27-,42-26-. The number of carbonyl (C=O) groups is 3. The summed E-state index contributed by atoms with van der Waals surface area (Å²) in [5, 5.41) is 0. The molecule has 0 radical (unpaired) electrons. The van der Waals surface area contributed by atoms with Gasteiger partial charge < -0.3 is 14.2 Å². The fourth-order valence-corrected chi connectivity index (χ4v) is 9.97. The average Bonchev–Trinajstić information content (AvgIpc) is 3.39. The molecule has 0 rings (SSSR count). The van der Waals surface area contributed by atoms with Crippen LogP contribution in [0.25, 0.3) is 0 Å². The average molecular weight is 1030 g/mol. The molecule has 0 spiro atoms. The van der Waals surface area contributed by atoms with Crippen LogP contribution in [0.15, 0.2) is 24.3 Å². The van der Waals surface area contributed by atoms with Gasteiger partial charge in [0.1, 0.15) is 13.2 Å². The topological polar surface area (TPSA) is 78.9 Å². The van der Waals surface area contributed by atoms with E-state index in [0.29, 0.717) is 19.3 Å². The maximum atomic E-state index is 12.8. The Balaban J connectivity index is 4.01. The van der Waals surface area contributed by atoms with Gasteiger partial charge in [0.25, 0.3) is 0 Å². The van der Waals surface area contributed by atoms with Crippen LogP contribution in [0.1, 0.15) is 367 Å². The molecular formula is C67H126O6. The minimum atomic E-state index is -0.770. The van der Waals surface area contributed by atoms with Gasteiger partial charge in [0.2, 0.25) is 0 Å². The van der Waals surface area contributed by atoms with Gasteiger partial charge in [-0.2, -0.15) is 0 Å². The summed E-state index contributed by atoms with van der Waals surface area (Å²) in [6, 6.07) is 0. The molecule has 0 saturated heterocycles. The van der Waals surface area contributed by atoms with Crippen molar-refractivity contribution in [2.75, 3.05) is 13.2 Å². The fourth-order valence-electron chi connectivity index (χ4n) is 9.97. The Morgan fingerprint density at radius 2 is 0.452 bits per heavy atom. The minimum absolute atomic E-state index is 0.0693. The highest BCUT2D eigenvalue weighted by Crippen LogP contribution is 2.18. The van der Waals surface area contributed by atoms with E-state index in [4.69, 9.17) is 14.2 Å². The largest absolute Gasteiger partial charge is 0.462 e. The molecule has 0 aliphatic rings. The van der Waals surface area contributed by atoms with Crippen molar-refractivity contribution >= 4 is 17.9 Å². The summed E-state index contributed by atoms with van der Waals surface area (Å²) in [6.07, 6.45) is 75.1. The number of hydrogen-bond donors (Lipinski definition) is 0. The summed E-state index contributed by atoms with van der Waals surface area (Å²) in [5.41, 5.74) is 0. The third kappa shape index (κ3) is 60.6. The van der Waals surface area contributed by atoms with Crippen LogP contribution in [-0.4, -0.2) is 37.2 Å². The molecule has 1 atom stereocenters. The maximum absolute atomic E-state index is 12.8. The highest BCUT2D eigenvalue weighted by molar-refractivity contribution is 5.71. The van der Waals surface area contributed by atoms with Crippen molar-refractivity contribution in [3.05, 3.63) is 24.3 Å². The number of allylic oxidation sites excluding steroid dienone is 4. The van der Waals surface area contributed by atoms with Crippen LogP contribution in [0.3, 0.4) is 0 Å². The predicted octanol–water partition coefficient (Wildman–Crippen LogP) is 22.2. The van der Waals surface area contributed by atoms with Gasteiger partial charge in [-0.15, -0.1) is 0 Å². The minimum Gasteiger partial charge on any atom is -0.462 e. The Labute approximate surface area is 455 Å². The van der Waals surface area contributed by atoms with Crippen molar-refractivity contribution in [1.29, 1.82) is 0 Å². The molecule has 0 aliphatic heterocycles. The van der Waals surface area contributed by atoms with Gasteiger partial charge in [-0.25, -0.2) is 0 Å². The van der Waals surface area contributed by atoms with Crippen LogP contribution in [0.5, 0.6) is 0 Å². The molecule has 0 bridgehead atoms. The zero-order chi connectivity index (χ0) is 52.9. The molecular weight excluding hydrogens is 901 g/mol. The van der Waals surface area contributed by atoms with Crippen LogP contribution in [0.2, 0.25) is 0 Å². The van der Waals surface area contributed by atoms with E-state index in [1.54, 1.807) is 0 Å². The molecule has 1 unspecified atom stereocenters.